The number of rotatable bonds is 5. The highest BCUT2D eigenvalue weighted by Gasteiger charge is 2.11. The molecule has 6 heteroatoms. The summed E-state index contributed by atoms with van der Waals surface area (Å²) in [5.41, 5.74) is 2.80. The largest absolute Gasteiger partial charge is 0.495 e. The molecule has 0 spiro atoms. The summed E-state index contributed by atoms with van der Waals surface area (Å²) in [5.74, 6) is 1.70. The zero-order chi connectivity index (χ0) is 16.2. The molecule has 0 unspecified atom stereocenters. The van der Waals surface area contributed by atoms with Crippen LogP contribution in [-0.4, -0.2) is 17.3 Å². The smallest absolute Gasteiger partial charge is 0.248 e. The summed E-state index contributed by atoms with van der Waals surface area (Å²) in [7, 11) is 1.61. The molecule has 0 aliphatic rings. The third-order valence-corrected chi connectivity index (χ3v) is 3.67. The van der Waals surface area contributed by atoms with Crippen LogP contribution < -0.4 is 10.1 Å². The minimum Gasteiger partial charge on any atom is -0.495 e. The topological polar surface area (TPSA) is 60.2 Å². The molecule has 0 bridgehead atoms. The molecule has 3 rings (SSSR count). The molecular formula is C17H16ClN3O2. The van der Waals surface area contributed by atoms with Gasteiger partial charge in [0.15, 0.2) is 0 Å². The monoisotopic (exact) mass is 329 g/mol. The van der Waals surface area contributed by atoms with Gasteiger partial charge in [-0.25, -0.2) is 0 Å². The normalized spacial score (nSPS) is 10.6. The Bertz CT molecular complexity index is 817. The Morgan fingerprint density at radius 2 is 2.00 bits per heavy atom. The molecule has 5 nitrogen and oxygen atoms in total. The Hall–Kier alpha value is -2.53. The summed E-state index contributed by atoms with van der Waals surface area (Å²) < 4.78 is 11.0. The van der Waals surface area contributed by atoms with Crippen LogP contribution in [0.1, 0.15) is 11.5 Å². The maximum absolute atomic E-state index is 6.01. The molecule has 1 aromatic heterocycles. The second-order valence-corrected chi connectivity index (χ2v) is 5.45. The minimum atomic E-state index is 0.385. The van der Waals surface area contributed by atoms with Crippen LogP contribution in [0, 0.1) is 6.92 Å². The lowest BCUT2D eigenvalue weighted by Gasteiger charge is -2.09. The van der Waals surface area contributed by atoms with Gasteiger partial charge in [0, 0.05) is 10.6 Å². The summed E-state index contributed by atoms with van der Waals surface area (Å²) in [6.45, 7) is 2.39. The fraction of sp³-hybridized carbons (Fsp3) is 0.176. The lowest BCUT2D eigenvalue weighted by Crippen LogP contribution is -2.01. The van der Waals surface area contributed by atoms with E-state index >= 15 is 0 Å². The van der Waals surface area contributed by atoms with Crippen LogP contribution in [0.15, 0.2) is 46.9 Å². The summed E-state index contributed by atoms with van der Waals surface area (Å²) >= 11 is 6.01. The number of benzene rings is 2. The Morgan fingerprint density at radius 1 is 1.17 bits per heavy atom. The number of aromatic nitrogens is 2. The standard InChI is InChI=1S/C17H16ClN3O2/c1-11-5-3-4-6-13(11)17-21-20-16(23-17)10-19-14-9-12(18)7-8-15(14)22-2/h3-9,19H,10H2,1-2H3. The third kappa shape index (κ3) is 3.46. The Morgan fingerprint density at radius 3 is 2.78 bits per heavy atom. The van der Waals surface area contributed by atoms with Crippen LogP contribution in [0.3, 0.4) is 0 Å². The third-order valence-electron chi connectivity index (χ3n) is 3.43. The molecule has 0 amide bonds. The van der Waals surface area contributed by atoms with Gasteiger partial charge in [-0.15, -0.1) is 10.2 Å². The molecule has 0 atom stereocenters. The Balaban J connectivity index is 1.76. The molecule has 0 fully saturated rings. The predicted octanol–water partition coefficient (Wildman–Crippen LogP) is 4.32. The average molecular weight is 330 g/mol. The van der Waals surface area contributed by atoms with Crippen molar-refractivity contribution in [3.63, 3.8) is 0 Å². The van der Waals surface area contributed by atoms with Crippen molar-refractivity contribution in [1.82, 2.24) is 10.2 Å². The quantitative estimate of drug-likeness (QED) is 0.755. The molecule has 3 aromatic rings. The molecule has 0 saturated heterocycles. The van der Waals surface area contributed by atoms with Crippen LogP contribution in [0.2, 0.25) is 5.02 Å². The van der Waals surface area contributed by atoms with Gasteiger partial charge < -0.3 is 14.5 Å². The minimum absolute atomic E-state index is 0.385. The van der Waals surface area contributed by atoms with Crippen LogP contribution in [-0.2, 0) is 6.54 Å². The van der Waals surface area contributed by atoms with E-state index in [1.165, 1.54) is 0 Å². The number of nitrogens with zero attached hydrogens (tertiary/aromatic N) is 2. The second kappa shape index (κ2) is 6.71. The molecule has 0 saturated carbocycles. The van der Waals surface area contributed by atoms with Gasteiger partial charge in [-0.05, 0) is 36.8 Å². The van der Waals surface area contributed by atoms with Gasteiger partial charge in [0.1, 0.15) is 5.75 Å². The Labute approximate surface area is 139 Å². The molecule has 1 heterocycles. The van der Waals surface area contributed by atoms with Crippen LogP contribution in [0.25, 0.3) is 11.5 Å². The van der Waals surface area contributed by atoms with Crippen LogP contribution >= 0.6 is 11.6 Å². The van der Waals surface area contributed by atoms with Crippen molar-refractivity contribution >= 4 is 17.3 Å². The van der Waals surface area contributed by atoms with E-state index in [-0.39, 0.29) is 0 Å². The maximum atomic E-state index is 6.01. The molecule has 0 aliphatic carbocycles. The van der Waals surface area contributed by atoms with Crippen molar-refractivity contribution in [1.29, 1.82) is 0 Å². The number of hydrogen-bond donors (Lipinski definition) is 1. The van der Waals surface area contributed by atoms with Crippen molar-refractivity contribution < 1.29 is 9.15 Å². The second-order valence-electron chi connectivity index (χ2n) is 5.01. The SMILES string of the molecule is COc1ccc(Cl)cc1NCc1nnc(-c2ccccc2C)o1. The highest BCUT2D eigenvalue weighted by molar-refractivity contribution is 6.30. The van der Waals surface area contributed by atoms with Gasteiger partial charge in [0.05, 0.1) is 19.3 Å². The molecule has 118 valence electrons. The maximum Gasteiger partial charge on any atom is 0.248 e. The highest BCUT2D eigenvalue weighted by atomic mass is 35.5. The number of anilines is 1. The number of hydrogen-bond acceptors (Lipinski definition) is 5. The van der Waals surface area contributed by atoms with Crippen molar-refractivity contribution in [3.05, 3.63) is 58.9 Å². The van der Waals surface area contributed by atoms with E-state index in [0.717, 1.165) is 16.8 Å². The summed E-state index contributed by atoms with van der Waals surface area (Å²) in [6, 6.07) is 13.3. The average Bonchev–Trinajstić information content (AvgIpc) is 3.02. The molecular weight excluding hydrogens is 314 g/mol. The molecule has 0 aliphatic heterocycles. The summed E-state index contributed by atoms with van der Waals surface area (Å²) in [5, 5.41) is 12.0. The number of halogens is 1. The number of methoxy groups -OCH3 is 1. The molecule has 2 aromatic carbocycles. The zero-order valence-electron chi connectivity index (χ0n) is 12.8. The van der Waals surface area contributed by atoms with Gasteiger partial charge in [-0.1, -0.05) is 29.8 Å². The first-order valence-electron chi connectivity index (χ1n) is 7.13. The van der Waals surface area contributed by atoms with Crippen molar-refractivity contribution in [2.75, 3.05) is 12.4 Å². The highest BCUT2D eigenvalue weighted by Crippen LogP contribution is 2.28. The van der Waals surface area contributed by atoms with E-state index < -0.39 is 0 Å². The first kappa shape index (κ1) is 15.4. The fourth-order valence-corrected chi connectivity index (χ4v) is 2.41. The number of aryl methyl sites for hydroxylation is 1. The summed E-state index contributed by atoms with van der Waals surface area (Å²) in [4.78, 5) is 0. The van der Waals surface area contributed by atoms with E-state index in [1.807, 2.05) is 31.2 Å². The zero-order valence-corrected chi connectivity index (χ0v) is 13.6. The lowest BCUT2D eigenvalue weighted by molar-refractivity contribution is 0.416. The van der Waals surface area contributed by atoms with Gasteiger partial charge in [-0.2, -0.15) is 0 Å². The van der Waals surface area contributed by atoms with Gasteiger partial charge in [0.25, 0.3) is 0 Å². The van der Waals surface area contributed by atoms with E-state index in [2.05, 4.69) is 15.5 Å². The number of ether oxygens (including phenoxy) is 1. The van der Waals surface area contributed by atoms with Gasteiger partial charge in [-0.3, -0.25) is 0 Å². The first-order valence-corrected chi connectivity index (χ1v) is 7.51. The Kier molecular flexibility index (Phi) is 4.48. The van der Waals surface area contributed by atoms with Crippen LogP contribution in [0.5, 0.6) is 5.75 Å². The van der Waals surface area contributed by atoms with E-state index in [4.69, 9.17) is 20.8 Å². The fourth-order valence-electron chi connectivity index (χ4n) is 2.24. The van der Waals surface area contributed by atoms with Crippen molar-refractivity contribution in [2.45, 2.75) is 13.5 Å². The first-order chi connectivity index (χ1) is 11.2. The molecule has 1 N–H and O–H groups in total. The van der Waals surface area contributed by atoms with Crippen molar-refractivity contribution in [2.24, 2.45) is 0 Å². The van der Waals surface area contributed by atoms with Gasteiger partial charge >= 0.3 is 0 Å². The van der Waals surface area contributed by atoms with Crippen molar-refractivity contribution in [3.8, 4) is 17.2 Å². The molecule has 23 heavy (non-hydrogen) atoms. The predicted molar refractivity (Wildman–Crippen MR) is 89.8 cm³/mol. The van der Waals surface area contributed by atoms with Gasteiger partial charge in [0.2, 0.25) is 11.8 Å². The van der Waals surface area contributed by atoms with E-state index in [9.17, 15) is 0 Å². The summed E-state index contributed by atoms with van der Waals surface area (Å²) in [6.07, 6.45) is 0. The number of nitrogens with one attached hydrogen (secondary N) is 1. The van der Waals surface area contributed by atoms with Crippen LogP contribution in [0.4, 0.5) is 5.69 Å². The molecule has 0 radical (unpaired) electrons. The lowest BCUT2D eigenvalue weighted by atomic mass is 10.1. The van der Waals surface area contributed by atoms with E-state index in [1.54, 1.807) is 25.3 Å². The van der Waals surface area contributed by atoms with E-state index in [0.29, 0.717) is 29.1 Å².